The van der Waals surface area contributed by atoms with Crippen molar-refractivity contribution in [2.24, 2.45) is 0 Å². The van der Waals surface area contributed by atoms with Crippen LogP contribution in [0.4, 0.5) is 5.82 Å². The van der Waals surface area contributed by atoms with Crippen LogP contribution in [0.15, 0.2) is 29.1 Å². The smallest absolute Gasteiger partial charge is 0.123 e. The molecule has 0 unspecified atom stereocenters. The van der Waals surface area contributed by atoms with Crippen LogP contribution in [0.5, 0.6) is 0 Å². The third-order valence-corrected chi connectivity index (χ3v) is 3.78. The van der Waals surface area contributed by atoms with Gasteiger partial charge < -0.3 is 10.5 Å². The first-order chi connectivity index (χ1) is 9.31. The fourth-order valence-electron chi connectivity index (χ4n) is 2.22. The fraction of sp³-hybridized carbons (Fsp3) is 0.385. The van der Waals surface area contributed by atoms with E-state index in [1.54, 1.807) is 17.4 Å². The number of thiazole rings is 1. The lowest BCUT2D eigenvalue weighted by atomic mass is 10.2. The molecule has 6 heteroatoms. The predicted octanol–water partition coefficient (Wildman–Crippen LogP) is 1.69. The van der Waals surface area contributed by atoms with E-state index < -0.39 is 0 Å². The van der Waals surface area contributed by atoms with Gasteiger partial charge in [-0.1, -0.05) is 6.07 Å². The fourth-order valence-corrected chi connectivity index (χ4v) is 2.77. The van der Waals surface area contributed by atoms with Crippen LogP contribution in [-0.2, 0) is 11.3 Å². The molecule has 0 aliphatic carbocycles. The van der Waals surface area contributed by atoms with E-state index in [-0.39, 0.29) is 6.10 Å². The molecule has 3 rings (SSSR count). The highest BCUT2D eigenvalue weighted by molar-refractivity contribution is 7.07. The molecule has 0 amide bonds. The first-order valence-corrected chi connectivity index (χ1v) is 7.19. The van der Waals surface area contributed by atoms with E-state index in [0.717, 1.165) is 31.0 Å². The molecule has 1 saturated heterocycles. The molecule has 0 spiro atoms. The van der Waals surface area contributed by atoms with Crippen molar-refractivity contribution < 1.29 is 4.74 Å². The quantitative estimate of drug-likeness (QED) is 0.924. The zero-order valence-corrected chi connectivity index (χ0v) is 11.3. The monoisotopic (exact) mass is 276 g/mol. The molecule has 0 radical (unpaired) electrons. The first kappa shape index (κ1) is 12.5. The van der Waals surface area contributed by atoms with E-state index in [1.165, 1.54) is 0 Å². The Hall–Kier alpha value is -1.50. The first-order valence-electron chi connectivity index (χ1n) is 6.25. The second kappa shape index (κ2) is 5.64. The number of hydrogen-bond acceptors (Lipinski definition) is 6. The maximum atomic E-state index is 5.79. The lowest BCUT2D eigenvalue weighted by molar-refractivity contribution is -0.0352. The number of pyridine rings is 1. The van der Waals surface area contributed by atoms with Crippen LogP contribution in [0.2, 0.25) is 0 Å². The number of nitrogens with zero attached hydrogens (tertiary/aromatic N) is 3. The van der Waals surface area contributed by atoms with Gasteiger partial charge in [-0.15, -0.1) is 11.3 Å². The molecular formula is C13H16N4OS. The minimum absolute atomic E-state index is 0.00381. The molecule has 2 aromatic rings. The van der Waals surface area contributed by atoms with E-state index in [4.69, 9.17) is 10.5 Å². The third kappa shape index (κ3) is 3.09. The maximum absolute atomic E-state index is 5.79. The summed E-state index contributed by atoms with van der Waals surface area (Å²) >= 11 is 1.63. The molecule has 3 heterocycles. The van der Waals surface area contributed by atoms with Gasteiger partial charge >= 0.3 is 0 Å². The number of ether oxygens (including phenoxy) is 1. The summed E-state index contributed by atoms with van der Waals surface area (Å²) in [6.45, 7) is 3.33. The SMILES string of the molecule is Nc1cccc([C@@H]2CN(Cc3cscn3)CCO2)n1. The van der Waals surface area contributed by atoms with Crippen molar-refractivity contribution in [3.8, 4) is 0 Å². The highest BCUT2D eigenvalue weighted by atomic mass is 32.1. The molecule has 0 aromatic carbocycles. The van der Waals surface area contributed by atoms with Gasteiger partial charge in [0.25, 0.3) is 0 Å². The van der Waals surface area contributed by atoms with E-state index >= 15 is 0 Å². The summed E-state index contributed by atoms with van der Waals surface area (Å²) in [6.07, 6.45) is -0.00381. The Morgan fingerprint density at radius 2 is 2.42 bits per heavy atom. The van der Waals surface area contributed by atoms with Gasteiger partial charge in [-0.25, -0.2) is 9.97 Å². The minimum Gasteiger partial charge on any atom is -0.384 e. The van der Waals surface area contributed by atoms with E-state index in [9.17, 15) is 0 Å². The Balaban J connectivity index is 1.67. The average molecular weight is 276 g/mol. The van der Waals surface area contributed by atoms with Crippen molar-refractivity contribution in [3.05, 3.63) is 40.5 Å². The summed E-state index contributed by atoms with van der Waals surface area (Å²) < 4.78 is 5.79. The number of nitrogens with two attached hydrogens (primary N) is 1. The predicted molar refractivity (Wildman–Crippen MR) is 74.7 cm³/mol. The minimum atomic E-state index is -0.00381. The lowest BCUT2D eigenvalue weighted by Gasteiger charge is -2.32. The number of nitrogen functional groups attached to an aromatic ring is 1. The van der Waals surface area contributed by atoms with Crippen LogP contribution in [0.1, 0.15) is 17.5 Å². The van der Waals surface area contributed by atoms with Gasteiger partial charge in [-0.3, -0.25) is 4.90 Å². The van der Waals surface area contributed by atoms with Crippen LogP contribution in [0.3, 0.4) is 0 Å². The molecule has 0 saturated carbocycles. The number of anilines is 1. The van der Waals surface area contributed by atoms with Gasteiger partial charge in [-0.05, 0) is 12.1 Å². The van der Waals surface area contributed by atoms with Crippen LogP contribution in [0.25, 0.3) is 0 Å². The number of aromatic nitrogens is 2. The lowest BCUT2D eigenvalue weighted by Crippen LogP contribution is -2.38. The molecule has 1 aliphatic heterocycles. The van der Waals surface area contributed by atoms with Crippen molar-refractivity contribution in [1.29, 1.82) is 0 Å². The summed E-state index contributed by atoms with van der Waals surface area (Å²) in [5, 5.41) is 2.09. The number of morpholine rings is 1. The largest absolute Gasteiger partial charge is 0.384 e. The molecule has 100 valence electrons. The van der Waals surface area contributed by atoms with Gasteiger partial charge in [-0.2, -0.15) is 0 Å². The molecule has 2 aromatic heterocycles. The molecule has 2 N–H and O–H groups in total. The zero-order valence-electron chi connectivity index (χ0n) is 10.5. The second-order valence-corrected chi connectivity index (χ2v) is 5.28. The topological polar surface area (TPSA) is 64.3 Å². The Morgan fingerprint density at radius 3 is 3.21 bits per heavy atom. The van der Waals surface area contributed by atoms with Gasteiger partial charge in [0.05, 0.1) is 23.5 Å². The number of rotatable bonds is 3. The maximum Gasteiger partial charge on any atom is 0.123 e. The van der Waals surface area contributed by atoms with Gasteiger partial charge in [0.1, 0.15) is 11.9 Å². The van der Waals surface area contributed by atoms with E-state index in [1.807, 2.05) is 17.6 Å². The second-order valence-electron chi connectivity index (χ2n) is 4.56. The highest BCUT2D eigenvalue weighted by Gasteiger charge is 2.23. The van der Waals surface area contributed by atoms with E-state index in [0.29, 0.717) is 12.4 Å². The highest BCUT2D eigenvalue weighted by Crippen LogP contribution is 2.22. The summed E-state index contributed by atoms with van der Waals surface area (Å²) in [5.41, 5.74) is 9.61. The van der Waals surface area contributed by atoms with E-state index in [2.05, 4.69) is 20.2 Å². The van der Waals surface area contributed by atoms with Crippen LogP contribution < -0.4 is 5.73 Å². The van der Waals surface area contributed by atoms with Gasteiger partial charge in [0, 0.05) is 25.0 Å². The summed E-state index contributed by atoms with van der Waals surface area (Å²) in [6, 6.07) is 5.67. The molecule has 1 fully saturated rings. The molecule has 19 heavy (non-hydrogen) atoms. The van der Waals surface area contributed by atoms with Crippen molar-refractivity contribution in [3.63, 3.8) is 0 Å². The average Bonchev–Trinajstić information content (AvgIpc) is 2.92. The molecule has 1 aliphatic rings. The Bertz CT molecular complexity index is 531. The van der Waals surface area contributed by atoms with Crippen molar-refractivity contribution in [2.45, 2.75) is 12.6 Å². The Labute approximate surface area is 116 Å². The molecular weight excluding hydrogens is 260 g/mol. The normalized spacial score (nSPS) is 20.5. The third-order valence-electron chi connectivity index (χ3n) is 3.14. The molecule has 5 nitrogen and oxygen atoms in total. The summed E-state index contributed by atoms with van der Waals surface area (Å²) in [4.78, 5) is 11.0. The van der Waals surface area contributed by atoms with Gasteiger partial charge in [0.2, 0.25) is 0 Å². The van der Waals surface area contributed by atoms with Crippen molar-refractivity contribution in [1.82, 2.24) is 14.9 Å². The molecule has 0 bridgehead atoms. The molecule has 1 atom stereocenters. The van der Waals surface area contributed by atoms with Crippen LogP contribution >= 0.6 is 11.3 Å². The summed E-state index contributed by atoms with van der Waals surface area (Å²) in [7, 11) is 0. The Kier molecular flexibility index (Phi) is 3.72. The van der Waals surface area contributed by atoms with Crippen molar-refractivity contribution in [2.75, 3.05) is 25.4 Å². The number of hydrogen-bond donors (Lipinski definition) is 1. The van der Waals surface area contributed by atoms with Gasteiger partial charge in [0.15, 0.2) is 0 Å². The standard InChI is InChI=1S/C13H16N4OS/c14-13-3-1-2-11(16-13)12-7-17(4-5-18-12)6-10-8-19-9-15-10/h1-3,8-9,12H,4-7H2,(H2,14,16)/t12-/m0/s1. The van der Waals surface area contributed by atoms with Crippen LogP contribution in [-0.4, -0.2) is 34.6 Å². The Morgan fingerprint density at radius 1 is 1.47 bits per heavy atom. The van der Waals surface area contributed by atoms with Crippen LogP contribution in [0, 0.1) is 0 Å². The summed E-state index contributed by atoms with van der Waals surface area (Å²) in [5.74, 6) is 0.540. The zero-order chi connectivity index (χ0) is 13.1. The van der Waals surface area contributed by atoms with Crippen molar-refractivity contribution >= 4 is 17.2 Å².